The van der Waals surface area contributed by atoms with Gasteiger partial charge in [-0.3, -0.25) is 9.69 Å². The van der Waals surface area contributed by atoms with Gasteiger partial charge in [0.1, 0.15) is 18.2 Å². The molecule has 0 radical (unpaired) electrons. The Labute approximate surface area is 150 Å². The van der Waals surface area contributed by atoms with Crippen LogP contribution in [0.4, 0.5) is 14.9 Å². The molecule has 4 rings (SSSR count). The van der Waals surface area contributed by atoms with Crippen molar-refractivity contribution in [3.63, 3.8) is 0 Å². The van der Waals surface area contributed by atoms with Crippen LogP contribution < -0.4 is 10.2 Å². The first-order chi connectivity index (χ1) is 12.5. The van der Waals surface area contributed by atoms with E-state index in [1.807, 2.05) is 6.08 Å². The van der Waals surface area contributed by atoms with Crippen LogP contribution in [0.2, 0.25) is 0 Å². The second-order valence-corrected chi connectivity index (χ2v) is 7.07. The third-order valence-corrected chi connectivity index (χ3v) is 5.36. The highest BCUT2D eigenvalue weighted by molar-refractivity contribution is 5.90. The lowest BCUT2D eigenvalue weighted by Crippen LogP contribution is -2.33. The molecule has 2 aliphatic carbocycles. The van der Waals surface area contributed by atoms with Crippen molar-refractivity contribution in [2.45, 2.75) is 19.4 Å². The van der Waals surface area contributed by atoms with Crippen molar-refractivity contribution in [2.75, 3.05) is 18.0 Å². The Balaban J connectivity index is 1.47. The molecule has 26 heavy (non-hydrogen) atoms. The average molecular weight is 358 g/mol. The fourth-order valence-electron chi connectivity index (χ4n) is 3.91. The Morgan fingerprint density at radius 1 is 1.46 bits per heavy atom. The molecule has 3 aliphatic rings. The first-order valence-electron chi connectivity index (χ1n) is 8.66. The van der Waals surface area contributed by atoms with Crippen LogP contribution in [0.15, 0.2) is 24.3 Å². The van der Waals surface area contributed by atoms with Gasteiger partial charge in [0.2, 0.25) is 5.91 Å². The number of benzene rings is 1. The molecule has 1 aliphatic heterocycles. The lowest BCUT2D eigenvalue weighted by Gasteiger charge is -2.15. The molecule has 6 nitrogen and oxygen atoms in total. The molecule has 1 N–H and O–H groups in total. The normalized spacial score (nSPS) is 29.1. The lowest BCUT2D eigenvalue weighted by molar-refractivity contribution is -0.119. The van der Waals surface area contributed by atoms with Crippen molar-refractivity contribution in [2.24, 2.45) is 17.8 Å². The van der Waals surface area contributed by atoms with E-state index in [2.05, 4.69) is 5.32 Å². The van der Waals surface area contributed by atoms with Crippen LogP contribution in [0.3, 0.4) is 0 Å². The van der Waals surface area contributed by atoms with Gasteiger partial charge >= 0.3 is 6.09 Å². The third-order valence-electron chi connectivity index (χ3n) is 5.36. The Hall–Kier alpha value is -2.70. The van der Waals surface area contributed by atoms with E-state index in [9.17, 15) is 18.8 Å². The fraction of sp³-hybridized carbons (Fsp3) is 0.421. The molecule has 1 aromatic carbocycles. The van der Waals surface area contributed by atoms with Gasteiger partial charge in [-0.25, -0.2) is 9.18 Å². The lowest BCUT2D eigenvalue weighted by atomic mass is 10.00. The zero-order valence-electron chi connectivity index (χ0n) is 14.3. The van der Waals surface area contributed by atoms with Gasteiger partial charge in [-0.1, -0.05) is 6.08 Å². The van der Waals surface area contributed by atoms with Gasteiger partial charge in [-0.05, 0) is 42.0 Å². The number of fused-ring (bicyclic) bond motifs is 1. The van der Waals surface area contributed by atoms with E-state index in [0.29, 0.717) is 17.2 Å². The van der Waals surface area contributed by atoms with E-state index in [0.717, 1.165) is 18.3 Å². The number of rotatable bonds is 5. The largest absolute Gasteiger partial charge is 0.442 e. The molecule has 1 saturated carbocycles. The number of carbonyl (C=O) groups is 3. The van der Waals surface area contributed by atoms with Crippen molar-refractivity contribution < 1.29 is 23.5 Å². The maximum Gasteiger partial charge on any atom is 0.414 e. The number of anilines is 1. The van der Waals surface area contributed by atoms with Gasteiger partial charge in [-0.2, -0.15) is 0 Å². The van der Waals surface area contributed by atoms with Gasteiger partial charge in [0.25, 0.3) is 0 Å². The van der Waals surface area contributed by atoms with Gasteiger partial charge in [-0.15, -0.1) is 0 Å². The van der Waals surface area contributed by atoms with E-state index >= 15 is 0 Å². The van der Waals surface area contributed by atoms with Crippen LogP contribution in [0.1, 0.15) is 18.9 Å². The van der Waals surface area contributed by atoms with Gasteiger partial charge in [0, 0.05) is 18.4 Å². The third kappa shape index (κ3) is 2.87. The number of halogens is 1. The molecule has 1 saturated heterocycles. The summed E-state index contributed by atoms with van der Waals surface area (Å²) in [6.07, 6.45) is 2.68. The van der Waals surface area contributed by atoms with Crippen LogP contribution in [-0.4, -0.2) is 37.5 Å². The summed E-state index contributed by atoms with van der Waals surface area (Å²) in [6, 6.07) is 4.70. The summed E-state index contributed by atoms with van der Waals surface area (Å²) in [5.41, 5.74) is 1.87. The predicted octanol–water partition coefficient (Wildman–Crippen LogP) is 2.14. The molecule has 136 valence electrons. The average Bonchev–Trinajstić information content (AvgIpc) is 2.93. The van der Waals surface area contributed by atoms with Crippen LogP contribution in [0, 0.1) is 23.6 Å². The number of hydrogen-bond donors (Lipinski definition) is 1. The molecule has 4 atom stereocenters. The number of allylic oxidation sites excluding steroid dienone is 2. The summed E-state index contributed by atoms with van der Waals surface area (Å²) >= 11 is 0. The van der Waals surface area contributed by atoms with Crippen LogP contribution in [0.25, 0.3) is 5.57 Å². The van der Waals surface area contributed by atoms with E-state index in [1.54, 1.807) is 12.1 Å². The number of nitrogens with zero attached hydrogens (tertiary/aromatic N) is 1. The minimum Gasteiger partial charge on any atom is -0.442 e. The van der Waals surface area contributed by atoms with E-state index in [-0.39, 0.29) is 30.8 Å². The summed E-state index contributed by atoms with van der Waals surface area (Å²) in [4.78, 5) is 35.2. The zero-order valence-corrected chi connectivity index (χ0v) is 14.3. The number of aldehydes is 1. The second-order valence-electron chi connectivity index (χ2n) is 7.07. The van der Waals surface area contributed by atoms with E-state index < -0.39 is 18.0 Å². The Morgan fingerprint density at radius 2 is 2.27 bits per heavy atom. The molecule has 2 amide bonds. The maximum absolute atomic E-state index is 14.6. The second kappa shape index (κ2) is 6.23. The highest BCUT2D eigenvalue weighted by atomic mass is 19.1. The summed E-state index contributed by atoms with van der Waals surface area (Å²) in [5, 5.41) is 2.61. The van der Waals surface area contributed by atoms with Crippen molar-refractivity contribution in [3.8, 4) is 0 Å². The monoisotopic (exact) mass is 358 g/mol. The summed E-state index contributed by atoms with van der Waals surface area (Å²) in [5.74, 6) is 0.0840. The highest BCUT2D eigenvalue weighted by Gasteiger charge is 2.52. The summed E-state index contributed by atoms with van der Waals surface area (Å²) in [7, 11) is 0. The SMILES string of the molecule is CC(=O)NC[C@H]1CN(c2ccc(C3=C[C@H]4[C@@H](C=O)[C@H]4C3)c(F)c2)C(=O)O1. The van der Waals surface area contributed by atoms with E-state index in [1.165, 1.54) is 17.9 Å². The van der Waals surface area contributed by atoms with E-state index in [4.69, 9.17) is 4.74 Å². The topological polar surface area (TPSA) is 75.7 Å². The van der Waals surface area contributed by atoms with Crippen molar-refractivity contribution in [1.29, 1.82) is 0 Å². The molecule has 0 bridgehead atoms. The van der Waals surface area contributed by atoms with Gasteiger partial charge in [0.05, 0.1) is 18.8 Å². The van der Waals surface area contributed by atoms with Crippen LogP contribution in [0.5, 0.6) is 0 Å². The summed E-state index contributed by atoms with van der Waals surface area (Å²) < 4.78 is 19.8. The molecular formula is C19H19FN2O4. The molecule has 2 fully saturated rings. The summed E-state index contributed by atoms with van der Waals surface area (Å²) in [6.45, 7) is 1.87. The fourth-order valence-corrected chi connectivity index (χ4v) is 3.91. The standard InChI is InChI=1S/C19H19FN2O4/c1-10(24)21-7-13-8-22(19(25)26-13)12-2-3-14(18(20)6-12)11-4-15-16(5-11)17(15)9-23/h2-4,6,9,13,15-17H,5,7-8H2,1H3,(H,21,24)/t13-,15+,16-,17+/m0/s1. The molecule has 0 unspecified atom stereocenters. The van der Waals surface area contributed by atoms with Crippen LogP contribution >= 0.6 is 0 Å². The van der Waals surface area contributed by atoms with Crippen molar-refractivity contribution >= 4 is 29.5 Å². The Kier molecular flexibility index (Phi) is 4.01. The highest BCUT2D eigenvalue weighted by Crippen LogP contribution is 2.57. The number of nitrogens with one attached hydrogen (secondary N) is 1. The number of carbonyl (C=O) groups excluding carboxylic acids is 3. The first-order valence-corrected chi connectivity index (χ1v) is 8.66. The van der Waals surface area contributed by atoms with Crippen LogP contribution in [-0.2, 0) is 14.3 Å². The number of cyclic esters (lactones) is 1. The zero-order chi connectivity index (χ0) is 18.4. The minimum absolute atomic E-state index is 0.0981. The quantitative estimate of drug-likeness (QED) is 0.818. The Bertz CT molecular complexity index is 822. The Morgan fingerprint density at radius 3 is 2.88 bits per heavy atom. The molecule has 1 heterocycles. The molecular weight excluding hydrogens is 339 g/mol. The molecule has 7 heteroatoms. The first kappa shape index (κ1) is 16.8. The predicted molar refractivity (Wildman–Crippen MR) is 91.8 cm³/mol. The smallest absolute Gasteiger partial charge is 0.414 e. The van der Waals surface area contributed by atoms with Crippen molar-refractivity contribution in [1.82, 2.24) is 5.32 Å². The molecule has 0 spiro atoms. The number of hydrogen-bond acceptors (Lipinski definition) is 4. The van der Waals surface area contributed by atoms with Crippen molar-refractivity contribution in [3.05, 3.63) is 35.7 Å². The number of amides is 2. The maximum atomic E-state index is 14.6. The minimum atomic E-state index is -0.553. The molecule has 0 aromatic heterocycles. The van der Waals surface area contributed by atoms with Gasteiger partial charge < -0.3 is 14.8 Å². The number of ether oxygens (including phenoxy) is 1. The molecule has 1 aromatic rings. The van der Waals surface area contributed by atoms with Gasteiger partial charge in [0.15, 0.2) is 0 Å².